The van der Waals surface area contributed by atoms with E-state index >= 15 is 0 Å². The van der Waals surface area contributed by atoms with Gasteiger partial charge in [0.2, 0.25) is 5.78 Å². The Bertz CT molecular complexity index is 1340. The molecule has 0 fully saturated rings. The van der Waals surface area contributed by atoms with Crippen LogP contribution in [0, 0.1) is 5.92 Å². The maximum absolute atomic E-state index is 13.5. The summed E-state index contributed by atoms with van der Waals surface area (Å²) in [6.07, 6.45) is 5.91. The van der Waals surface area contributed by atoms with Crippen molar-refractivity contribution in [3.8, 4) is 0 Å². The lowest BCUT2D eigenvalue weighted by Crippen LogP contribution is -2.44. The summed E-state index contributed by atoms with van der Waals surface area (Å²) in [5.41, 5.74) is 3.15. The summed E-state index contributed by atoms with van der Waals surface area (Å²) in [6, 6.07) is 12.2. The number of aromatic carboxylic acids is 1. The van der Waals surface area contributed by atoms with Crippen molar-refractivity contribution in [2.24, 2.45) is 5.92 Å². The largest absolute Gasteiger partial charge is 0.478 e. The van der Waals surface area contributed by atoms with Gasteiger partial charge < -0.3 is 19.1 Å². The van der Waals surface area contributed by atoms with Gasteiger partial charge in [0, 0.05) is 23.8 Å². The van der Waals surface area contributed by atoms with Crippen molar-refractivity contribution in [3.05, 3.63) is 82.7 Å². The number of carboxylic acids is 1. The van der Waals surface area contributed by atoms with Gasteiger partial charge in [0.15, 0.2) is 0 Å². The number of carbonyl (C=O) groups is 3. The summed E-state index contributed by atoms with van der Waals surface area (Å²) < 4.78 is 7.36. The molecule has 0 aliphatic carbocycles. The molecule has 7 heteroatoms. The van der Waals surface area contributed by atoms with Crippen molar-refractivity contribution in [2.75, 3.05) is 6.54 Å². The minimum absolute atomic E-state index is 0.123. The van der Waals surface area contributed by atoms with Gasteiger partial charge in [-0.1, -0.05) is 57.2 Å². The lowest BCUT2D eigenvalue weighted by Gasteiger charge is -2.33. The van der Waals surface area contributed by atoms with E-state index in [0.29, 0.717) is 29.7 Å². The Morgan fingerprint density at radius 3 is 2.21 bits per heavy atom. The summed E-state index contributed by atoms with van der Waals surface area (Å²) in [7, 11) is 0. The van der Waals surface area contributed by atoms with Crippen molar-refractivity contribution in [3.63, 3.8) is 0 Å². The van der Waals surface area contributed by atoms with E-state index in [0.717, 1.165) is 11.1 Å². The van der Waals surface area contributed by atoms with E-state index in [1.54, 1.807) is 33.7 Å². The van der Waals surface area contributed by atoms with Crippen LogP contribution in [0.25, 0.3) is 11.6 Å². The Kier molecular flexibility index (Phi) is 8.82. The second kappa shape index (κ2) is 11.7. The number of hydrogen-bond donors (Lipinski definition) is 1. The first kappa shape index (κ1) is 28.7. The number of pyridine rings is 1. The summed E-state index contributed by atoms with van der Waals surface area (Å²) >= 11 is 0. The summed E-state index contributed by atoms with van der Waals surface area (Å²) in [5.74, 6) is -0.949. The van der Waals surface area contributed by atoms with E-state index in [4.69, 9.17) is 4.74 Å². The molecule has 1 atom stereocenters. The molecule has 7 nitrogen and oxygen atoms in total. The Morgan fingerprint density at radius 1 is 1.03 bits per heavy atom. The second-order valence-electron chi connectivity index (χ2n) is 10.7. The van der Waals surface area contributed by atoms with Gasteiger partial charge in [0.05, 0.1) is 17.3 Å². The molecule has 1 unspecified atom stereocenters. The zero-order valence-corrected chi connectivity index (χ0v) is 23.3. The first-order valence-corrected chi connectivity index (χ1v) is 13.1. The fraction of sp³-hybridized carbons (Fsp3) is 0.387. The number of aromatic nitrogens is 1. The number of fused-ring (bicyclic) bond motifs is 1. The Balaban J connectivity index is 1.85. The van der Waals surface area contributed by atoms with E-state index in [1.807, 2.05) is 65.0 Å². The van der Waals surface area contributed by atoms with Gasteiger partial charge in [0.25, 0.3) is 0 Å². The van der Waals surface area contributed by atoms with Gasteiger partial charge >= 0.3 is 12.1 Å². The number of rotatable bonds is 9. The highest BCUT2D eigenvalue weighted by atomic mass is 16.6. The van der Waals surface area contributed by atoms with Crippen molar-refractivity contribution >= 4 is 29.4 Å². The van der Waals surface area contributed by atoms with Crippen LogP contribution in [0.4, 0.5) is 4.79 Å². The van der Waals surface area contributed by atoms with Crippen LogP contribution >= 0.6 is 0 Å². The third kappa shape index (κ3) is 6.52. The van der Waals surface area contributed by atoms with E-state index in [1.165, 1.54) is 6.07 Å². The zero-order chi connectivity index (χ0) is 28.2. The van der Waals surface area contributed by atoms with E-state index in [2.05, 4.69) is 13.8 Å². The maximum atomic E-state index is 13.5. The standard InChI is InChI=1S/C31H38N2O5/c1-8-22-18-25-19-24(29(35)36)16-17-33(25)27(22)28(34)23-13-10-21(11-14-23)12-15-26(20(3)4)32(9-2)30(37)38-31(5,6)7/h10-20,26H,8-9H2,1-7H3,(H,35,36)/b15-12+. The zero-order valence-electron chi connectivity index (χ0n) is 23.3. The normalized spacial score (nSPS) is 12.7. The van der Waals surface area contributed by atoms with Gasteiger partial charge in [-0.15, -0.1) is 0 Å². The number of nitrogens with zero attached hydrogens (tertiary/aromatic N) is 2. The minimum atomic E-state index is -1.00. The molecule has 202 valence electrons. The van der Waals surface area contributed by atoms with E-state index in [-0.39, 0.29) is 29.4 Å². The fourth-order valence-corrected chi connectivity index (χ4v) is 4.45. The molecule has 3 aromatic rings. The van der Waals surface area contributed by atoms with Gasteiger partial charge in [-0.2, -0.15) is 0 Å². The summed E-state index contributed by atoms with van der Waals surface area (Å²) in [6.45, 7) is 14.1. The molecule has 0 saturated heterocycles. The molecule has 1 N–H and O–H groups in total. The quantitative estimate of drug-likeness (QED) is 0.318. The van der Waals surface area contributed by atoms with Crippen LogP contribution in [0.2, 0.25) is 0 Å². The predicted molar refractivity (Wildman–Crippen MR) is 150 cm³/mol. The van der Waals surface area contributed by atoms with Gasteiger partial charge in [-0.3, -0.25) is 4.79 Å². The molecular weight excluding hydrogens is 480 g/mol. The topological polar surface area (TPSA) is 88.3 Å². The van der Waals surface area contributed by atoms with Crippen LogP contribution < -0.4 is 0 Å². The van der Waals surface area contributed by atoms with Crippen LogP contribution in [-0.2, 0) is 11.2 Å². The molecule has 38 heavy (non-hydrogen) atoms. The minimum Gasteiger partial charge on any atom is -0.478 e. The molecule has 1 aromatic carbocycles. The third-order valence-electron chi connectivity index (χ3n) is 6.37. The average molecular weight is 519 g/mol. The molecule has 0 aliphatic rings. The highest BCUT2D eigenvalue weighted by Gasteiger charge is 2.27. The van der Waals surface area contributed by atoms with Gasteiger partial charge in [0.1, 0.15) is 5.60 Å². The van der Waals surface area contributed by atoms with Crippen LogP contribution in [0.5, 0.6) is 0 Å². The molecule has 0 radical (unpaired) electrons. The van der Waals surface area contributed by atoms with Crippen LogP contribution in [0.1, 0.15) is 86.0 Å². The number of hydrogen-bond acceptors (Lipinski definition) is 4. The average Bonchev–Trinajstić information content (AvgIpc) is 3.22. The molecule has 1 amide bonds. The van der Waals surface area contributed by atoms with Gasteiger partial charge in [-0.25, -0.2) is 9.59 Å². The Morgan fingerprint density at radius 2 is 1.68 bits per heavy atom. The number of amides is 1. The van der Waals surface area contributed by atoms with E-state index in [9.17, 15) is 19.5 Å². The highest BCUT2D eigenvalue weighted by Crippen LogP contribution is 2.23. The molecule has 0 spiro atoms. The number of ether oxygens (including phenoxy) is 1. The molecule has 0 aliphatic heterocycles. The number of likely N-dealkylation sites (N-methyl/N-ethyl adjacent to an activating group) is 1. The number of carboxylic acid groups (broad SMARTS) is 1. The second-order valence-corrected chi connectivity index (χ2v) is 10.7. The van der Waals surface area contributed by atoms with Crippen molar-refractivity contribution in [2.45, 2.75) is 66.5 Å². The van der Waals surface area contributed by atoms with Crippen LogP contribution in [0.3, 0.4) is 0 Å². The van der Waals surface area contributed by atoms with Crippen LogP contribution in [-0.4, -0.2) is 50.4 Å². The smallest absolute Gasteiger partial charge is 0.410 e. The van der Waals surface area contributed by atoms with Crippen molar-refractivity contribution < 1.29 is 24.2 Å². The van der Waals surface area contributed by atoms with Gasteiger partial charge in [-0.05, 0) is 69.4 Å². The number of ketones is 1. The van der Waals surface area contributed by atoms with Crippen LogP contribution in [0.15, 0.2) is 54.7 Å². The first-order valence-electron chi connectivity index (χ1n) is 13.1. The number of carbonyl (C=O) groups excluding carboxylic acids is 2. The van der Waals surface area contributed by atoms with Crippen molar-refractivity contribution in [1.29, 1.82) is 0 Å². The first-order chi connectivity index (χ1) is 17.9. The van der Waals surface area contributed by atoms with E-state index < -0.39 is 11.6 Å². The Labute approximate surface area is 224 Å². The third-order valence-corrected chi connectivity index (χ3v) is 6.37. The summed E-state index contributed by atoms with van der Waals surface area (Å²) in [4.78, 5) is 39.4. The fourth-order valence-electron chi connectivity index (χ4n) is 4.45. The highest BCUT2D eigenvalue weighted by molar-refractivity contribution is 6.10. The summed E-state index contributed by atoms with van der Waals surface area (Å²) in [5, 5.41) is 9.31. The van der Waals surface area contributed by atoms with Crippen molar-refractivity contribution in [1.82, 2.24) is 9.30 Å². The molecule has 0 bridgehead atoms. The maximum Gasteiger partial charge on any atom is 0.410 e. The SMILES string of the molecule is CCc1cc2cc(C(=O)O)ccn2c1C(=O)c1ccc(/C=C/C(C(C)C)N(CC)C(=O)OC(C)(C)C)cc1. The number of aryl methyl sites for hydroxylation is 1. The molecule has 2 heterocycles. The lowest BCUT2D eigenvalue weighted by atomic mass is 9.99. The number of benzene rings is 1. The Hall–Kier alpha value is -3.87. The molecular formula is C31H38N2O5. The lowest BCUT2D eigenvalue weighted by molar-refractivity contribution is 0.0175. The molecule has 2 aromatic heterocycles. The molecule has 3 rings (SSSR count). The monoisotopic (exact) mass is 518 g/mol. The predicted octanol–water partition coefficient (Wildman–Crippen LogP) is 6.73. The molecule has 0 saturated carbocycles.